The fourth-order valence-corrected chi connectivity index (χ4v) is 3.99. The van der Waals surface area contributed by atoms with Crippen molar-refractivity contribution in [1.82, 2.24) is 4.90 Å². The second-order valence-corrected chi connectivity index (χ2v) is 8.80. The van der Waals surface area contributed by atoms with E-state index in [0.29, 0.717) is 6.54 Å². The third-order valence-electron chi connectivity index (χ3n) is 5.92. The van der Waals surface area contributed by atoms with Crippen LogP contribution in [0.15, 0.2) is 29.8 Å². The molecule has 1 aliphatic heterocycles. The average molecular weight is 433 g/mol. The topological polar surface area (TPSA) is 41.9 Å². The van der Waals surface area contributed by atoms with Crippen molar-refractivity contribution in [3.63, 3.8) is 0 Å². The fourth-order valence-electron chi connectivity index (χ4n) is 3.99. The van der Waals surface area contributed by atoms with Crippen LogP contribution in [0.25, 0.3) is 0 Å². The van der Waals surface area contributed by atoms with Crippen LogP contribution in [0.1, 0.15) is 117 Å². The lowest BCUT2D eigenvalue weighted by Crippen LogP contribution is -2.30. The first-order chi connectivity index (χ1) is 15.2. The minimum absolute atomic E-state index is 0.387. The summed E-state index contributed by atoms with van der Waals surface area (Å²) in [7, 11) is 0. The normalized spacial score (nSPS) is 16.1. The Balaban J connectivity index is 2.07. The summed E-state index contributed by atoms with van der Waals surface area (Å²) in [6.45, 7) is 9.43. The summed E-state index contributed by atoms with van der Waals surface area (Å²) in [5.74, 6) is 0.673. The van der Waals surface area contributed by atoms with E-state index in [9.17, 15) is 4.79 Å². The monoisotopic (exact) mass is 432 g/mol. The van der Waals surface area contributed by atoms with Gasteiger partial charge in [0, 0.05) is 19.0 Å². The molecule has 0 radical (unpaired) electrons. The highest BCUT2D eigenvalue weighted by atomic mass is 16.6. The number of amidine groups is 1. The molecule has 0 aromatic heterocycles. The zero-order valence-electron chi connectivity index (χ0n) is 20.5. The highest BCUT2D eigenvalue weighted by molar-refractivity contribution is 5.85. The summed E-state index contributed by atoms with van der Waals surface area (Å²) in [6, 6.07) is 0. The third kappa shape index (κ3) is 14.2. The SMILES string of the molecule is C=CC(=O)OC1CN(C/C=C/CCCCCCCCCCCCCC)C(CCCC)=N1. The molecule has 0 amide bonds. The Morgan fingerprint density at radius 1 is 0.935 bits per heavy atom. The minimum Gasteiger partial charge on any atom is -0.435 e. The lowest BCUT2D eigenvalue weighted by atomic mass is 10.0. The van der Waals surface area contributed by atoms with E-state index in [1.165, 1.54) is 83.1 Å². The molecule has 4 heteroatoms. The van der Waals surface area contributed by atoms with Gasteiger partial charge < -0.3 is 9.64 Å². The largest absolute Gasteiger partial charge is 0.435 e. The first kappa shape index (κ1) is 27.5. The number of nitrogens with zero attached hydrogens (tertiary/aromatic N) is 2. The fraction of sp³-hybridized carbons (Fsp3) is 0.778. The lowest BCUT2D eigenvalue weighted by Gasteiger charge is -2.18. The molecule has 178 valence electrons. The molecule has 1 rings (SSSR count). The number of hydrogen-bond donors (Lipinski definition) is 0. The molecule has 1 aliphatic rings. The van der Waals surface area contributed by atoms with Gasteiger partial charge in [0.15, 0.2) is 0 Å². The van der Waals surface area contributed by atoms with Crippen molar-refractivity contribution < 1.29 is 9.53 Å². The van der Waals surface area contributed by atoms with Crippen molar-refractivity contribution in [2.24, 2.45) is 4.99 Å². The Hall–Kier alpha value is -1.58. The van der Waals surface area contributed by atoms with E-state index in [2.05, 4.69) is 42.5 Å². The third-order valence-corrected chi connectivity index (χ3v) is 5.92. The number of aliphatic imine (C=N–C) groups is 1. The van der Waals surface area contributed by atoms with Crippen LogP contribution in [0.5, 0.6) is 0 Å². The van der Waals surface area contributed by atoms with Crippen molar-refractivity contribution in [2.75, 3.05) is 13.1 Å². The molecular weight excluding hydrogens is 384 g/mol. The summed E-state index contributed by atoms with van der Waals surface area (Å²) in [5, 5.41) is 0. The lowest BCUT2D eigenvalue weighted by molar-refractivity contribution is -0.142. The predicted molar refractivity (Wildman–Crippen MR) is 133 cm³/mol. The smallest absolute Gasteiger partial charge is 0.332 e. The number of carbonyl (C=O) groups excluding carboxylic acids is 1. The predicted octanol–water partition coefficient (Wildman–Crippen LogP) is 7.59. The van der Waals surface area contributed by atoms with Gasteiger partial charge in [0.2, 0.25) is 6.23 Å². The van der Waals surface area contributed by atoms with Crippen LogP contribution >= 0.6 is 0 Å². The number of unbranched alkanes of at least 4 members (excludes halogenated alkanes) is 13. The van der Waals surface area contributed by atoms with Gasteiger partial charge >= 0.3 is 5.97 Å². The van der Waals surface area contributed by atoms with Gasteiger partial charge in [-0.2, -0.15) is 0 Å². The maximum atomic E-state index is 11.5. The van der Waals surface area contributed by atoms with Gasteiger partial charge in [-0.05, 0) is 19.3 Å². The molecule has 0 spiro atoms. The number of rotatable bonds is 20. The van der Waals surface area contributed by atoms with Crippen molar-refractivity contribution in [1.29, 1.82) is 0 Å². The Bertz CT molecular complexity index is 527. The van der Waals surface area contributed by atoms with Crippen LogP contribution in [0.4, 0.5) is 0 Å². The van der Waals surface area contributed by atoms with Crippen LogP contribution < -0.4 is 0 Å². The van der Waals surface area contributed by atoms with Crippen LogP contribution in [-0.4, -0.2) is 36.0 Å². The number of ether oxygens (including phenoxy) is 1. The second-order valence-electron chi connectivity index (χ2n) is 8.80. The van der Waals surface area contributed by atoms with Crippen molar-refractivity contribution in [2.45, 2.75) is 123 Å². The van der Waals surface area contributed by atoms with Crippen LogP contribution in [0.3, 0.4) is 0 Å². The average Bonchev–Trinajstić information content (AvgIpc) is 3.15. The maximum absolute atomic E-state index is 11.5. The van der Waals surface area contributed by atoms with E-state index >= 15 is 0 Å². The van der Waals surface area contributed by atoms with Crippen molar-refractivity contribution >= 4 is 11.8 Å². The van der Waals surface area contributed by atoms with Crippen molar-refractivity contribution in [3.8, 4) is 0 Å². The molecule has 0 fully saturated rings. The molecule has 4 nitrogen and oxygen atoms in total. The molecule has 1 heterocycles. The van der Waals surface area contributed by atoms with Crippen LogP contribution in [-0.2, 0) is 9.53 Å². The van der Waals surface area contributed by atoms with Crippen LogP contribution in [0.2, 0.25) is 0 Å². The van der Waals surface area contributed by atoms with Crippen molar-refractivity contribution in [3.05, 3.63) is 24.8 Å². The van der Waals surface area contributed by atoms with Gasteiger partial charge in [0.05, 0.1) is 6.54 Å². The minimum atomic E-state index is -0.395. The Morgan fingerprint density at radius 3 is 2.10 bits per heavy atom. The maximum Gasteiger partial charge on any atom is 0.332 e. The Labute approximate surface area is 192 Å². The van der Waals surface area contributed by atoms with E-state index in [1.807, 2.05) is 0 Å². The molecule has 0 N–H and O–H groups in total. The van der Waals surface area contributed by atoms with Gasteiger partial charge in [-0.15, -0.1) is 0 Å². The number of esters is 1. The molecule has 0 saturated carbocycles. The van der Waals surface area contributed by atoms with E-state index in [0.717, 1.165) is 38.1 Å². The molecule has 0 aromatic carbocycles. The molecule has 1 unspecified atom stereocenters. The first-order valence-electron chi connectivity index (χ1n) is 13.0. The molecule has 1 atom stereocenters. The highest BCUT2D eigenvalue weighted by Gasteiger charge is 2.25. The number of hydrogen-bond acceptors (Lipinski definition) is 4. The van der Waals surface area contributed by atoms with Gasteiger partial charge in [-0.3, -0.25) is 0 Å². The van der Waals surface area contributed by atoms with E-state index in [4.69, 9.17) is 4.74 Å². The first-order valence-corrected chi connectivity index (χ1v) is 13.0. The van der Waals surface area contributed by atoms with Gasteiger partial charge in [0.25, 0.3) is 0 Å². The number of allylic oxidation sites excluding steroid dienone is 1. The standard InChI is InChI=1S/C27H48N2O2/c1-4-7-9-10-11-12-13-14-15-16-17-18-19-20-21-23-29-24-26(31-27(30)6-3)28-25(29)22-8-5-2/h6,20-21,26H,3-5,7-19,22-24H2,1-2H3/b21-20+. The van der Waals surface area contributed by atoms with E-state index in [-0.39, 0.29) is 6.23 Å². The van der Waals surface area contributed by atoms with Gasteiger partial charge in [-0.25, -0.2) is 9.79 Å². The molecule has 31 heavy (non-hydrogen) atoms. The second kappa shape index (κ2) is 19.1. The summed E-state index contributed by atoms with van der Waals surface area (Å²) in [6.07, 6.45) is 26.4. The van der Waals surface area contributed by atoms with E-state index in [1.54, 1.807) is 0 Å². The van der Waals surface area contributed by atoms with Gasteiger partial charge in [0.1, 0.15) is 5.84 Å². The summed E-state index contributed by atoms with van der Waals surface area (Å²) >= 11 is 0. The molecule has 0 aliphatic carbocycles. The van der Waals surface area contributed by atoms with Crippen LogP contribution in [0, 0.1) is 0 Å². The Morgan fingerprint density at radius 2 is 1.52 bits per heavy atom. The molecule has 0 saturated heterocycles. The highest BCUT2D eigenvalue weighted by Crippen LogP contribution is 2.16. The van der Waals surface area contributed by atoms with E-state index < -0.39 is 5.97 Å². The molecule has 0 aromatic rings. The summed E-state index contributed by atoms with van der Waals surface area (Å²) < 4.78 is 5.32. The zero-order chi connectivity index (χ0) is 22.6. The molecular formula is C27H48N2O2. The Kier molecular flexibility index (Phi) is 16.9. The number of carbonyl (C=O) groups is 1. The zero-order valence-corrected chi connectivity index (χ0v) is 20.5. The summed E-state index contributed by atoms with van der Waals surface area (Å²) in [4.78, 5) is 18.3. The summed E-state index contributed by atoms with van der Waals surface area (Å²) in [5.41, 5.74) is 0. The van der Waals surface area contributed by atoms with Gasteiger partial charge in [-0.1, -0.05) is 110 Å². The quantitative estimate of drug-likeness (QED) is 0.0861. The molecule has 0 bridgehead atoms.